The van der Waals surface area contributed by atoms with Gasteiger partial charge in [0.25, 0.3) is 5.91 Å². The van der Waals surface area contributed by atoms with Gasteiger partial charge in [-0.3, -0.25) is 14.4 Å². The van der Waals surface area contributed by atoms with Gasteiger partial charge >= 0.3 is 5.97 Å². The number of hydrogen-bond acceptors (Lipinski definition) is 5. The van der Waals surface area contributed by atoms with E-state index in [9.17, 15) is 14.7 Å². The average Bonchev–Trinajstić information content (AvgIpc) is 3.04. The summed E-state index contributed by atoms with van der Waals surface area (Å²) in [5.41, 5.74) is 1.13. The van der Waals surface area contributed by atoms with Crippen molar-refractivity contribution >= 4 is 11.9 Å². The van der Waals surface area contributed by atoms with Crippen molar-refractivity contribution in [1.82, 2.24) is 19.6 Å². The predicted molar refractivity (Wildman–Crippen MR) is 94.3 cm³/mol. The van der Waals surface area contributed by atoms with Crippen LogP contribution >= 0.6 is 0 Å². The highest BCUT2D eigenvalue weighted by atomic mass is 16.5. The van der Waals surface area contributed by atoms with Crippen molar-refractivity contribution in [2.24, 2.45) is 7.05 Å². The minimum absolute atomic E-state index is 0.142. The topological polar surface area (TPSA) is 87.9 Å². The van der Waals surface area contributed by atoms with Crippen LogP contribution in [0.2, 0.25) is 0 Å². The van der Waals surface area contributed by atoms with Crippen molar-refractivity contribution in [3.05, 3.63) is 47.3 Å². The van der Waals surface area contributed by atoms with Gasteiger partial charge in [-0.15, -0.1) is 0 Å². The molecule has 1 aliphatic heterocycles. The third-order valence-corrected chi connectivity index (χ3v) is 4.49. The minimum Gasteiger partial charge on any atom is -0.497 e. The van der Waals surface area contributed by atoms with Crippen LogP contribution in [0.15, 0.2) is 30.5 Å². The summed E-state index contributed by atoms with van der Waals surface area (Å²) in [7, 11) is 3.25. The molecule has 1 aliphatic rings. The van der Waals surface area contributed by atoms with Crippen molar-refractivity contribution in [1.29, 1.82) is 0 Å². The molecule has 2 heterocycles. The molecule has 1 aromatic heterocycles. The molecule has 1 N–H and O–H groups in total. The summed E-state index contributed by atoms with van der Waals surface area (Å²) in [5, 5.41) is 13.1. The average molecular weight is 358 g/mol. The quantitative estimate of drug-likeness (QED) is 0.861. The molecule has 1 saturated heterocycles. The van der Waals surface area contributed by atoms with E-state index in [4.69, 9.17) is 4.74 Å². The van der Waals surface area contributed by atoms with Gasteiger partial charge < -0.3 is 14.7 Å². The number of nitrogens with zero attached hydrogens (tertiary/aromatic N) is 4. The number of aromatic carboxylic acids is 1. The maximum atomic E-state index is 12.7. The Morgan fingerprint density at radius 1 is 1.15 bits per heavy atom. The number of aryl methyl sites for hydroxylation is 1. The Hall–Kier alpha value is -2.87. The Kier molecular flexibility index (Phi) is 5.22. The SMILES string of the molecule is COc1ccc(CN2CCN(C(=O)c3cn(C)nc3C(=O)O)CC2)cc1. The molecule has 0 radical (unpaired) electrons. The Bertz CT molecular complexity index is 792. The minimum atomic E-state index is -1.19. The first-order chi connectivity index (χ1) is 12.5. The summed E-state index contributed by atoms with van der Waals surface area (Å²) in [6.07, 6.45) is 1.47. The number of amides is 1. The number of hydrogen-bond donors (Lipinski definition) is 1. The summed E-state index contributed by atoms with van der Waals surface area (Å²) in [5.74, 6) is -0.637. The largest absolute Gasteiger partial charge is 0.497 e. The number of carboxylic acid groups (broad SMARTS) is 1. The highest BCUT2D eigenvalue weighted by Crippen LogP contribution is 2.16. The fourth-order valence-electron chi connectivity index (χ4n) is 3.07. The fraction of sp³-hybridized carbons (Fsp3) is 0.389. The maximum absolute atomic E-state index is 12.7. The molecular formula is C18H22N4O4. The molecule has 0 aliphatic carbocycles. The van der Waals surface area contributed by atoms with Gasteiger partial charge in [0.15, 0.2) is 5.69 Å². The molecule has 138 valence electrons. The summed E-state index contributed by atoms with van der Waals surface area (Å²) in [6.45, 7) is 3.39. The summed E-state index contributed by atoms with van der Waals surface area (Å²) >= 11 is 0. The van der Waals surface area contributed by atoms with Gasteiger partial charge in [0, 0.05) is 46.0 Å². The smallest absolute Gasteiger partial charge is 0.357 e. The van der Waals surface area contributed by atoms with Gasteiger partial charge in [-0.25, -0.2) is 4.79 Å². The van der Waals surface area contributed by atoms with Gasteiger partial charge in [0.1, 0.15) is 5.75 Å². The first-order valence-electron chi connectivity index (χ1n) is 8.39. The summed E-state index contributed by atoms with van der Waals surface area (Å²) < 4.78 is 6.52. The van der Waals surface area contributed by atoms with Crippen LogP contribution in [0.1, 0.15) is 26.4 Å². The molecule has 1 amide bonds. The number of rotatable bonds is 5. The first-order valence-corrected chi connectivity index (χ1v) is 8.39. The zero-order valence-corrected chi connectivity index (χ0v) is 14.9. The summed E-state index contributed by atoms with van der Waals surface area (Å²) in [6, 6.07) is 7.94. The fourth-order valence-corrected chi connectivity index (χ4v) is 3.07. The van der Waals surface area contributed by atoms with Crippen molar-refractivity contribution in [2.45, 2.75) is 6.54 Å². The zero-order chi connectivity index (χ0) is 18.7. The molecular weight excluding hydrogens is 336 g/mol. The molecule has 3 rings (SSSR count). The first kappa shape index (κ1) is 17.9. The Morgan fingerprint density at radius 3 is 2.38 bits per heavy atom. The van der Waals surface area contributed by atoms with E-state index in [1.165, 1.54) is 16.4 Å². The molecule has 0 spiro atoms. The van der Waals surface area contributed by atoms with Crippen LogP contribution in [0.25, 0.3) is 0 Å². The van der Waals surface area contributed by atoms with E-state index >= 15 is 0 Å². The van der Waals surface area contributed by atoms with Crippen molar-refractivity contribution < 1.29 is 19.4 Å². The number of carboxylic acids is 1. The highest BCUT2D eigenvalue weighted by molar-refractivity contribution is 6.03. The Morgan fingerprint density at radius 2 is 1.81 bits per heavy atom. The predicted octanol–water partition coefficient (Wildman–Crippen LogP) is 1.08. The number of aromatic nitrogens is 2. The van der Waals surface area contributed by atoms with E-state index in [1.54, 1.807) is 19.1 Å². The molecule has 0 atom stereocenters. The third-order valence-electron chi connectivity index (χ3n) is 4.49. The molecule has 8 heteroatoms. The van der Waals surface area contributed by atoms with Crippen LogP contribution in [0.4, 0.5) is 0 Å². The van der Waals surface area contributed by atoms with Gasteiger partial charge in [-0.2, -0.15) is 5.10 Å². The Balaban J connectivity index is 1.59. The molecule has 0 bridgehead atoms. The zero-order valence-electron chi connectivity index (χ0n) is 14.9. The van der Waals surface area contributed by atoms with Crippen molar-refractivity contribution in [3.8, 4) is 5.75 Å². The molecule has 1 fully saturated rings. The summed E-state index contributed by atoms with van der Waals surface area (Å²) in [4.78, 5) is 27.9. The van der Waals surface area contributed by atoms with Crippen molar-refractivity contribution in [3.63, 3.8) is 0 Å². The van der Waals surface area contributed by atoms with E-state index < -0.39 is 5.97 Å². The second kappa shape index (κ2) is 7.57. The van der Waals surface area contributed by atoms with E-state index in [-0.39, 0.29) is 17.2 Å². The second-order valence-electron chi connectivity index (χ2n) is 6.29. The molecule has 0 unspecified atom stereocenters. The second-order valence-corrected chi connectivity index (χ2v) is 6.29. The third kappa shape index (κ3) is 3.85. The number of carbonyl (C=O) groups is 2. The lowest BCUT2D eigenvalue weighted by atomic mass is 10.1. The van der Waals surface area contributed by atoms with Gasteiger partial charge in [-0.1, -0.05) is 12.1 Å². The van der Waals surface area contributed by atoms with E-state index in [2.05, 4.69) is 10.00 Å². The number of carbonyl (C=O) groups excluding carboxylic acids is 1. The van der Waals surface area contributed by atoms with Gasteiger partial charge in [0.05, 0.1) is 12.7 Å². The molecule has 1 aromatic carbocycles. The monoisotopic (exact) mass is 358 g/mol. The van der Waals surface area contributed by atoms with Crippen molar-refractivity contribution in [2.75, 3.05) is 33.3 Å². The Labute approximate surface area is 151 Å². The number of methoxy groups -OCH3 is 1. The van der Waals surface area contributed by atoms with Crippen LogP contribution in [0, 0.1) is 0 Å². The molecule has 2 aromatic rings. The molecule has 8 nitrogen and oxygen atoms in total. The molecule has 0 saturated carbocycles. The number of benzene rings is 1. The van der Waals surface area contributed by atoms with Crippen LogP contribution in [-0.4, -0.2) is 69.9 Å². The van der Waals surface area contributed by atoms with Crippen LogP contribution in [0.5, 0.6) is 5.75 Å². The van der Waals surface area contributed by atoms with Gasteiger partial charge in [-0.05, 0) is 17.7 Å². The number of piperazine rings is 1. The van der Waals surface area contributed by atoms with Crippen LogP contribution in [-0.2, 0) is 13.6 Å². The van der Waals surface area contributed by atoms with E-state index in [0.717, 1.165) is 25.4 Å². The van der Waals surface area contributed by atoms with Crippen LogP contribution in [0.3, 0.4) is 0 Å². The standard InChI is InChI=1S/C18H22N4O4/c1-20-12-15(16(19-20)18(24)25)17(23)22-9-7-21(8-10-22)11-13-3-5-14(26-2)6-4-13/h3-6,12H,7-11H2,1-2H3,(H,24,25). The normalized spacial score (nSPS) is 15.1. The lowest BCUT2D eigenvalue weighted by Crippen LogP contribution is -2.48. The van der Waals surface area contributed by atoms with Crippen LogP contribution < -0.4 is 4.74 Å². The van der Waals surface area contributed by atoms with E-state index in [1.807, 2.05) is 24.3 Å². The van der Waals surface area contributed by atoms with Gasteiger partial charge in [0.2, 0.25) is 0 Å². The molecule has 26 heavy (non-hydrogen) atoms. The maximum Gasteiger partial charge on any atom is 0.357 e. The number of ether oxygens (including phenoxy) is 1. The highest BCUT2D eigenvalue weighted by Gasteiger charge is 2.27. The lowest BCUT2D eigenvalue weighted by molar-refractivity contribution is 0.0608. The lowest BCUT2D eigenvalue weighted by Gasteiger charge is -2.34. The van der Waals surface area contributed by atoms with E-state index in [0.29, 0.717) is 13.1 Å².